The Morgan fingerprint density at radius 2 is 1.65 bits per heavy atom. The van der Waals surface area contributed by atoms with Crippen LogP contribution in [0.25, 0.3) is 0 Å². The minimum absolute atomic E-state index is 0.100. The normalized spacial score (nSPS) is 12.2. The first-order valence-corrected chi connectivity index (χ1v) is 5.99. The fraction of sp³-hybridized carbons (Fsp3) is 0.533. The summed E-state index contributed by atoms with van der Waals surface area (Å²) in [6, 6.07) is 9.89. The lowest BCUT2D eigenvalue weighted by Gasteiger charge is -2.41. The summed E-state index contributed by atoms with van der Waals surface area (Å²) in [4.78, 5) is 0. The van der Waals surface area contributed by atoms with Gasteiger partial charge in [-0.05, 0) is 38.5 Å². The van der Waals surface area contributed by atoms with Crippen molar-refractivity contribution in [1.82, 2.24) is 0 Å². The van der Waals surface area contributed by atoms with Gasteiger partial charge in [0, 0.05) is 12.0 Å². The summed E-state index contributed by atoms with van der Waals surface area (Å²) in [5.41, 5.74) is 1.54. The Kier molecular flexibility index (Phi) is 3.95. The molecule has 0 spiro atoms. The molecule has 17 heavy (non-hydrogen) atoms. The van der Waals surface area contributed by atoms with Crippen LogP contribution < -0.4 is 0 Å². The van der Waals surface area contributed by atoms with Crippen LogP contribution in [0, 0.1) is 11.3 Å². The average molecular weight is 231 g/mol. The van der Waals surface area contributed by atoms with Crippen molar-refractivity contribution in [3.63, 3.8) is 0 Å². The second kappa shape index (κ2) is 4.89. The highest BCUT2D eigenvalue weighted by Gasteiger charge is 2.38. The number of nitriles is 1. The zero-order valence-electron chi connectivity index (χ0n) is 11.4. The molecule has 0 heterocycles. The molecular weight excluding hydrogens is 210 g/mol. The van der Waals surface area contributed by atoms with Gasteiger partial charge in [0.15, 0.2) is 0 Å². The van der Waals surface area contributed by atoms with Gasteiger partial charge in [0.25, 0.3) is 0 Å². The van der Waals surface area contributed by atoms with E-state index in [4.69, 9.17) is 10.00 Å². The van der Waals surface area contributed by atoms with Crippen LogP contribution in [0.15, 0.2) is 24.3 Å². The number of hydrogen-bond donors (Lipinski definition) is 0. The molecule has 1 aromatic carbocycles. The standard InChI is InChI=1S/C15H21NO/c1-6-17-15(4,5)14(2,3)13-9-7-12(11-16)8-10-13/h7-10H,6H2,1-5H3. The summed E-state index contributed by atoms with van der Waals surface area (Å²) < 4.78 is 5.84. The van der Waals surface area contributed by atoms with E-state index in [1.807, 2.05) is 31.2 Å². The second-order valence-corrected chi connectivity index (χ2v) is 5.26. The maximum atomic E-state index is 8.80. The quantitative estimate of drug-likeness (QED) is 0.792. The van der Waals surface area contributed by atoms with Gasteiger partial charge in [-0.15, -0.1) is 0 Å². The summed E-state index contributed by atoms with van der Waals surface area (Å²) in [5, 5.41) is 8.80. The number of benzene rings is 1. The molecule has 0 aliphatic carbocycles. The smallest absolute Gasteiger partial charge is 0.0991 e. The Morgan fingerprint density at radius 3 is 2.06 bits per heavy atom. The van der Waals surface area contributed by atoms with Crippen LogP contribution in [-0.2, 0) is 10.2 Å². The van der Waals surface area contributed by atoms with E-state index in [0.29, 0.717) is 12.2 Å². The van der Waals surface area contributed by atoms with Crippen molar-refractivity contribution in [3.05, 3.63) is 35.4 Å². The monoisotopic (exact) mass is 231 g/mol. The van der Waals surface area contributed by atoms with Crippen LogP contribution in [0.3, 0.4) is 0 Å². The van der Waals surface area contributed by atoms with Crippen molar-refractivity contribution in [2.45, 2.75) is 45.6 Å². The van der Waals surface area contributed by atoms with Crippen molar-refractivity contribution < 1.29 is 4.74 Å². The predicted molar refractivity (Wildman–Crippen MR) is 69.9 cm³/mol. The minimum Gasteiger partial charge on any atom is -0.375 e. The summed E-state index contributed by atoms with van der Waals surface area (Å²) >= 11 is 0. The Balaban J connectivity index is 3.08. The van der Waals surface area contributed by atoms with Crippen LogP contribution in [-0.4, -0.2) is 12.2 Å². The lowest BCUT2D eigenvalue weighted by Crippen LogP contribution is -2.45. The largest absolute Gasteiger partial charge is 0.375 e. The van der Waals surface area contributed by atoms with E-state index in [1.54, 1.807) is 0 Å². The molecule has 0 aliphatic heterocycles. The maximum Gasteiger partial charge on any atom is 0.0991 e. The van der Waals surface area contributed by atoms with E-state index in [-0.39, 0.29) is 11.0 Å². The van der Waals surface area contributed by atoms with Crippen molar-refractivity contribution in [2.75, 3.05) is 6.61 Å². The maximum absolute atomic E-state index is 8.80. The lowest BCUT2D eigenvalue weighted by molar-refractivity contribution is -0.0600. The zero-order valence-corrected chi connectivity index (χ0v) is 11.4. The van der Waals surface area contributed by atoms with E-state index in [9.17, 15) is 0 Å². The van der Waals surface area contributed by atoms with Crippen molar-refractivity contribution in [2.24, 2.45) is 0 Å². The Morgan fingerprint density at radius 1 is 1.12 bits per heavy atom. The third-order valence-electron chi connectivity index (χ3n) is 3.75. The molecule has 0 aromatic heterocycles. The molecule has 2 nitrogen and oxygen atoms in total. The van der Waals surface area contributed by atoms with Gasteiger partial charge in [0.1, 0.15) is 0 Å². The van der Waals surface area contributed by atoms with E-state index in [2.05, 4.69) is 33.8 Å². The highest BCUT2D eigenvalue weighted by molar-refractivity contribution is 5.35. The minimum atomic E-state index is -0.240. The number of nitrogens with zero attached hydrogens (tertiary/aromatic N) is 1. The lowest BCUT2D eigenvalue weighted by atomic mass is 9.71. The predicted octanol–water partition coefficient (Wildman–Crippen LogP) is 3.65. The molecule has 0 radical (unpaired) electrons. The van der Waals surface area contributed by atoms with Gasteiger partial charge < -0.3 is 4.74 Å². The van der Waals surface area contributed by atoms with Gasteiger partial charge in [-0.3, -0.25) is 0 Å². The van der Waals surface area contributed by atoms with Gasteiger partial charge in [-0.2, -0.15) is 5.26 Å². The SMILES string of the molecule is CCOC(C)(C)C(C)(C)c1ccc(C#N)cc1. The highest BCUT2D eigenvalue weighted by atomic mass is 16.5. The van der Waals surface area contributed by atoms with Gasteiger partial charge in [-0.1, -0.05) is 26.0 Å². The van der Waals surface area contributed by atoms with Crippen molar-refractivity contribution in [1.29, 1.82) is 5.26 Å². The molecule has 0 fully saturated rings. The topological polar surface area (TPSA) is 33.0 Å². The van der Waals surface area contributed by atoms with Crippen molar-refractivity contribution >= 4 is 0 Å². The van der Waals surface area contributed by atoms with Gasteiger partial charge in [0.05, 0.1) is 17.2 Å². The Labute approximate surface area is 104 Å². The molecule has 0 unspecified atom stereocenters. The Hall–Kier alpha value is -1.33. The van der Waals surface area contributed by atoms with Gasteiger partial charge >= 0.3 is 0 Å². The van der Waals surface area contributed by atoms with E-state index >= 15 is 0 Å². The molecule has 0 saturated heterocycles. The zero-order chi connectivity index (χ0) is 13.1. The van der Waals surface area contributed by atoms with Gasteiger partial charge in [-0.25, -0.2) is 0 Å². The first kappa shape index (κ1) is 13.7. The highest BCUT2D eigenvalue weighted by Crippen LogP contribution is 2.37. The van der Waals surface area contributed by atoms with Crippen LogP contribution in [0.1, 0.15) is 45.7 Å². The second-order valence-electron chi connectivity index (χ2n) is 5.26. The molecule has 0 aliphatic rings. The van der Waals surface area contributed by atoms with E-state index in [1.165, 1.54) is 5.56 Å². The van der Waals surface area contributed by atoms with Gasteiger partial charge in [0.2, 0.25) is 0 Å². The molecule has 0 N–H and O–H groups in total. The van der Waals surface area contributed by atoms with Crippen LogP contribution in [0.2, 0.25) is 0 Å². The average Bonchev–Trinajstić information content (AvgIpc) is 2.29. The molecule has 0 atom stereocenters. The molecule has 1 aromatic rings. The molecular formula is C15H21NO. The molecule has 0 amide bonds. The Bertz CT molecular complexity index is 410. The van der Waals surface area contributed by atoms with E-state index in [0.717, 1.165) is 0 Å². The fourth-order valence-corrected chi connectivity index (χ4v) is 1.85. The fourth-order valence-electron chi connectivity index (χ4n) is 1.85. The van der Waals surface area contributed by atoms with Crippen molar-refractivity contribution in [3.8, 4) is 6.07 Å². The molecule has 1 rings (SSSR count). The first-order chi connectivity index (χ1) is 7.85. The molecule has 92 valence electrons. The molecule has 0 saturated carbocycles. The number of hydrogen-bond acceptors (Lipinski definition) is 2. The summed E-state index contributed by atoms with van der Waals surface area (Å²) in [6.07, 6.45) is 0. The summed E-state index contributed by atoms with van der Waals surface area (Å²) in [6.45, 7) is 11.3. The molecule has 0 bridgehead atoms. The number of ether oxygens (including phenoxy) is 1. The van der Waals surface area contributed by atoms with E-state index < -0.39 is 0 Å². The first-order valence-electron chi connectivity index (χ1n) is 5.99. The summed E-state index contributed by atoms with van der Waals surface area (Å²) in [5.74, 6) is 0. The van der Waals surface area contributed by atoms with Crippen LogP contribution in [0.5, 0.6) is 0 Å². The third-order valence-corrected chi connectivity index (χ3v) is 3.75. The molecule has 2 heteroatoms. The third kappa shape index (κ3) is 2.68. The van der Waals surface area contributed by atoms with Crippen LogP contribution in [0.4, 0.5) is 0 Å². The van der Waals surface area contributed by atoms with Crippen LogP contribution >= 0.6 is 0 Å². The summed E-state index contributed by atoms with van der Waals surface area (Å²) in [7, 11) is 0. The number of rotatable bonds is 4.